The highest BCUT2D eigenvalue weighted by molar-refractivity contribution is 7.92. The monoisotopic (exact) mass is 291 g/mol. The topological polar surface area (TPSA) is 55.4 Å². The minimum atomic E-state index is -3.08. The zero-order valence-corrected chi connectivity index (χ0v) is 13.7. The number of sulfone groups is 1. The maximum absolute atomic E-state index is 12.0. The van der Waals surface area contributed by atoms with Crippen LogP contribution in [-0.2, 0) is 14.6 Å². The summed E-state index contributed by atoms with van der Waals surface area (Å²) in [5, 5.41) is 3.52. The largest absolute Gasteiger partial charge is 0.376 e. The second-order valence-electron chi connectivity index (χ2n) is 6.50. The predicted molar refractivity (Wildman–Crippen MR) is 79.2 cm³/mol. The molecule has 0 bridgehead atoms. The van der Waals surface area contributed by atoms with Gasteiger partial charge < -0.3 is 10.1 Å². The van der Waals surface area contributed by atoms with Crippen LogP contribution in [0, 0.1) is 0 Å². The molecule has 1 aliphatic heterocycles. The van der Waals surface area contributed by atoms with E-state index in [-0.39, 0.29) is 11.9 Å². The molecule has 0 aromatic carbocycles. The van der Waals surface area contributed by atoms with Gasteiger partial charge in [0.15, 0.2) is 9.84 Å². The maximum atomic E-state index is 12.0. The smallest absolute Gasteiger partial charge is 0.157 e. The first-order valence-electron chi connectivity index (χ1n) is 7.27. The first-order chi connectivity index (χ1) is 8.67. The van der Waals surface area contributed by atoms with Crippen LogP contribution in [0.5, 0.6) is 0 Å². The van der Waals surface area contributed by atoms with Crippen molar-refractivity contribution in [2.24, 2.45) is 0 Å². The molecule has 1 heterocycles. The molecule has 0 aromatic rings. The second-order valence-corrected chi connectivity index (χ2v) is 9.36. The lowest BCUT2D eigenvalue weighted by Crippen LogP contribution is -2.50. The zero-order chi connectivity index (χ0) is 14.7. The average molecular weight is 291 g/mol. The summed E-state index contributed by atoms with van der Waals surface area (Å²) < 4.78 is 29.1. The molecule has 4 nitrogen and oxygen atoms in total. The minimum Gasteiger partial charge on any atom is -0.376 e. The van der Waals surface area contributed by atoms with Crippen LogP contribution in [-0.4, -0.2) is 43.7 Å². The maximum Gasteiger partial charge on any atom is 0.157 e. The number of rotatable bonds is 5. The third kappa shape index (κ3) is 4.72. The number of hydrogen-bond acceptors (Lipinski definition) is 4. The van der Waals surface area contributed by atoms with E-state index in [2.05, 4.69) is 19.2 Å². The highest BCUT2D eigenvalue weighted by Gasteiger charge is 2.31. The summed E-state index contributed by atoms with van der Waals surface area (Å²) in [7, 11) is -3.08. The van der Waals surface area contributed by atoms with Gasteiger partial charge in [0.25, 0.3) is 0 Å². The Balaban J connectivity index is 2.45. The Bertz CT molecular complexity index is 373. The van der Waals surface area contributed by atoms with Crippen molar-refractivity contribution in [3.63, 3.8) is 0 Å². The molecule has 1 fully saturated rings. The van der Waals surface area contributed by atoms with E-state index in [1.54, 1.807) is 20.8 Å². The standard InChI is InChI=1S/C14H29NO3S/c1-6-12-13(8-7-11(2)15-12)18-9-10-19(16,17)14(3,4)5/h11-13,15H,6-10H2,1-5H3. The lowest BCUT2D eigenvalue weighted by Gasteiger charge is -2.35. The first kappa shape index (κ1) is 16.9. The van der Waals surface area contributed by atoms with Crippen molar-refractivity contribution in [2.45, 2.75) is 76.8 Å². The Morgan fingerprint density at radius 3 is 2.42 bits per heavy atom. The molecule has 0 aromatic heterocycles. The number of ether oxygens (including phenoxy) is 1. The van der Waals surface area contributed by atoms with Crippen molar-refractivity contribution in [2.75, 3.05) is 12.4 Å². The fraction of sp³-hybridized carbons (Fsp3) is 1.00. The number of nitrogens with one attached hydrogen (secondary N) is 1. The van der Waals surface area contributed by atoms with Gasteiger partial charge in [0.1, 0.15) is 0 Å². The van der Waals surface area contributed by atoms with Crippen LogP contribution in [0.25, 0.3) is 0 Å². The number of hydrogen-bond donors (Lipinski definition) is 1. The summed E-state index contributed by atoms with van der Waals surface area (Å²) in [4.78, 5) is 0. The molecule has 0 saturated carbocycles. The molecule has 3 unspecified atom stereocenters. The van der Waals surface area contributed by atoms with Crippen molar-refractivity contribution in [3.8, 4) is 0 Å². The van der Waals surface area contributed by atoms with Gasteiger partial charge in [-0.05, 0) is 47.0 Å². The fourth-order valence-corrected chi connectivity index (χ4v) is 3.30. The summed E-state index contributed by atoms with van der Waals surface area (Å²) in [6, 6.07) is 0.879. The molecular weight excluding hydrogens is 262 g/mol. The van der Waals surface area contributed by atoms with Crippen molar-refractivity contribution >= 4 is 9.84 Å². The van der Waals surface area contributed by atoms with Gasteiger partial charge in [-0.2, -0.15) is 0 Å². The minimum absolute atomic E-state index is 0.110. The molecule has 0 aliphatic carbocycles. The van der Waals surface area contributed by atoms with Crippen LogP contribution in [0.3, 0.4) is 0 Å². The van der Waals surface area contributed by atoms with E-state index >= 15 is 0 Å². The zero-order valence-electron chi connectivity index (χ0n) is 12.9. The quantitative estimate of drug-likeness (QED) is 0.843. The van der Waals surface area contributed by atoms with Gasteiger partial charge in [0.2, 0.25) is 0 Å². The normalized spacial score (nSPS) is 29.4. The SMILES string of the molecule is CCC1NC(C)CCC1OCCS(=O)(=O)C(C)(C)C. The third-order valence-corrected chi connectivity index (χ3v) is 6.46. The Labute approximate surface area is 118 Å². The van der Waals surface area contributed by atoms with Crippen LogP contribution < -0.4 is 5.32 Å². The van der Waals surface area contributed by atoms with Gasteiger partial charge in [-0.3, -0.25) is 0 Å². The molecule has 0 spiro atoms. The van der Waals surface area contributed by atoms with Crippen molar-refractivity contribution < 1.29 is 13.2 Å². The first-order valence-corrected chi connectivity index (χ1v) is 8.92. The molecule has 1 rings (SSSR count). The van der Waals surface area contributed by atoms with Crippen molar-refractivity contribution in [1.29, 1.82) is 0 Å². The molecule has 114 valence electrons. The van der Waals surface area contributed by atoms with Crippen molar-refractivity contribution in [3.05, 3.63) is 0 Å². The van der Waals surface area contributed by atoms with Crippen molar-refractivity contribution in [1.82, 2.24) is 5.32 Å². The number of piperidine rings is 1. The summed E-state index contributed by atoms with van der Waals surface area (Å²) in [5.74, 6) is 0.110. The third-order valence-electron chi connectivity index (χ3n) is 3.89. The Hall–Kier alpha value is -0.130. The van der Waals surface area contributed by atoms with Gasteiger partial charge in [0, 0.05) is 12.1 Å². The lowest BCUT2D eigenvalue weighted by molar-refractivity contribution is 0.00728. The van der Waals surface area contributed by atoms with Crippen LogP contribution >= 0.6 is 0 Å². The van der Waals surface area contributed by atoms with E-state index < -0.39 is 14.6 Å². The fourth-order valence-electron chi connectivity index (χ4n) is 2.37. The second kappa shape index (κ2) is 6.55. The highest BCUT2D eigenvalue weighted by atomic mass is 32.2. The van der Waals surface area contributed by atoms with Gasteiger partial charge in [0.05, 0.1) is 23.2 Å². The van der Waals surface area contributed by atoms with E-state index in [1.165, 1.54) is 0 Å². The molecule has 1 saturated heterocycles. The van der Waals surface area contributed by atoms with E-state index in [0.717, 1.165) is 19.3 Å². The Kier molecular flexibility index (Phi) is 5.83. The van der Waals surface area contributed by atoms with E-state index in [0.29, 0.717) is 18.7 Å². The molecule has 19 heavy (non-hydrogen) atoms. The lowest BCUT2D eigenvalue weighted by atomic mass is 9.95. The molecule has 0 amide bonds. The van der Waals surface area contributed by atoms with E-state index in [9.17, 15) is 8.42 Å². The van der Waals surface area contributed by atoms with Gasteiger partial charge in [-0.1, -0.05) is 6.92 Å². The van der Waals surface area contributed by atoms with E-state index in [4.69, 9.17) is 4.74 Å². The van der Waals surface area contributed by atoms with E-state index in [1.807, 2.05) is 0 Å². The Morgan fingerprint density at radius 1 is 1.26 bits per heavy atom. The molecule has 1 N–H and O–H groups in total. The predicted octanol–water partition coefficient (Wildman–Crippen LogP) is 2.14. The molecule has 0 radical (unpaired) electrons. The molecule has 1 aliphatic rings. The summed E-state index contributed by atoms with van der Waals surface area (Å²) >= 11 is 0. The van der Waals surface area contributed by atoms with Crippen LogP contribution in [0.2, 0.25) is 0 Å². The van der Waals surface area contributed by atoms with Gasteiger partial charge in [-0.25, -0.2) is 8.42 Å². The van der Waals surface area contributed by atoms with Crippen LogP contribution in [0.15, 0.2) is 0 Å². The highest BCUT2D eigenvalue weighted by Crippen LogP contribution is 2.20. The summed E-state index contributed by atoms with van der Waals surface area (Å²) in [6.45, 7) is 9.83. The van der Waals surface area contributed by atoms with Crippen LogP contribution in [0.4, 0.5) is 0 Å². The van der Waals surface area contributed by atoms with Crippen LogP contribution in [0.1, 0.15) is 53.9 Å². The summed E-state index contributed by atoms with van der Waals surface area (Å²) in [5.41, 5.74) is 0. The average Bonchev–Trinajstić information content (AvgIpc) is 2.29. The van der Waals surface area contributed by atoms with Gasteiger partial charge >= 0.3 is 0 Å². The molecule has 3 atom stereocenters. The summed E-state index contributed by atoms with van der Waals surface area (Å²) in [6.07, 6.45) is 3.27. The van der Waals surface area contributed by atoms with Gasteiger partial charge in [-0.15, -0.1) is 0 Å². The molecule has 5 heteroatoms. The molecular formula is C14H29NO3S. The Morgan fingerprint density at radius 2 is 1.89 bits per heavy atom.